The number of Topliss-reactive ketones (excluding diaryl/α,β-unsaturated/α-hetero) is 1. The number of hydrogen-bond acceptors (Lipinski definition) is 3. The minimum absolute atomic E-state index is 0.267. The average molecular weight is 271 g/mol. The first kappa shape index (κ1) is 12.5. The molecule has 3 rings (SSSR count). The molecule has 1 aromatic heterocycles. The Morgan fingerprint density at radius 3 is 2.53 bits per heavy atom. The number of carbonyl (C=O) groups is 1. The van der Waals surface area contributed by atoms with E-state index in [2.05, 4.69) is 43.1 Å². The Labute approximate surface area is 117 Å². The van der Waals surface area contributed by atoms with Gasteiger partial charge in [-0.2, -0.15) is 0 Å². The van der Waals surface area contributed by atoms with E-state index in [1.165, 1.54) is 5.56 Å². The van der Waals surface area contributed by atoms with Gasteiger partial charge < -0.3 is 0 Å². The molecule has 1 aliphatic rings. The van der Waals surface area contributed by atoms with E-state index >= 15 is 0 Å². The highest BCUT2D eigenvalue weighted by Gasteiger charge is 2.22. The van der Waals surface area contributed by atoms with Crippen LogP contribution in [0.3, 0.4) is 0 Å². The Kier molecular flexibility index (Phi) is 3.23. The van der Waals surface area contributed by atoms with Crippen molar-refractivity contribution in [3.05, 3.63) is 40.4 Å². The van der Waals surface area contributed by atoms with Crippen LogP contribution >= 0.6 is 11.3 Å². The molecule has 0 saturated heterocycles. The molecule has 0 radical (unpaired) electrons. The Morgan fingerprint density at radius 2 is 1.89 bits per heavy atom. The molecule has 0 bridgehead atoms. The number of aryl methyl sites for hydroxylation is 1. The average Bonchev–Trinajstić information content (AvgIpc) is 2.84. The molecule has 1 aliphatic carbocycles. The third-order valence-electron chi connectivity index (χ3n) is 3.59. The van der Waals surface area contributed by atoms with E-state index in [0.29, 0.717) is 12.3 Å². The first-order chi connectivity index (χ1) is 9.15. The number of rotatable bonds is 2. The van der Waals surface area contributed by atoms with Gasteiger partial charge >= 0.3 is 0 Å². The van der Waals surface area contributed by atoms with Gasteiger partial charge in [0.15, 0.2) is 5.78 Å². The van der Waals surface area contributed by atoms with Crippen LogP contribution in [0.15, 0.2) is 24.3 Å². The van der Waals surface area contributed by atoms with Gasteiger partial charge in [-0.15, -0.1) is 11.3 Å². The van der Waals surface area contributed by atoms with E-state index < -0.39 is 0 Å². The highest BCUT2D eigenvalue weighted by Crippen LogP contribution is 2.33. The van der Waals surface area contributed by atoms with E-state index in [-0.39, 0.29) is 5.78 Å². The summed E-state index contributed by atoms with van der Waals surface area (Å²) < 4.78 is 0. The highest BCUT2D eigenvalue weighted by molar-refractivity contribution is 7.17. The molecular formula is C16H17NOS. The zero-order valence-corrected chi connectivity index (χ0v) is 12.1. The van der Waals surface area contributed by atoms with Crippen molar-refractivity contribution in [2.45, 2.75) is 39.0 Å². The predicted octanol–water partition coefficient (Wildman–Crippen LogP) is 4.45. The summed E-state index contributed by atoms with van der Waals surface area (Å²) >= 11 is 1.55. The number of benzene rings is 1. The fourth-order valence-electron chi connectivity index (χ4n) is 2.40. The fourth-order valence-corrected chi connectivity index (χ4v) is 3.49. The van der Waals surface area contributed by atoms with Gasteiger partial charge in [-0.1, -0.05) is 38.1 Å². The smallest absolute Gasteiger partial charge is 0.174 e. The summed E-state index contributed by atoms with van der Waals surface area (Å²) in [6.07, 6.45) is 2.57. The van der Waals surface area contributed by atoms with Gasteiger partial charge in [0, 0.05) is 12.0 Å². The Balaban J connectivity index is 1.96. The lowest BCUT2D eigenvalue weighted by atomic mass is 10.0. The van der Waals surface area contributed by atoms with Gasteiger partial charge in [-0.25, -0.2) is 4.98 Å². The van der Waals surface area contributed by atoms with Crippen LogP contribution in [-0.4, -0.2) is 10.8 Å². The monoisotopic (exact) mass is 271 g/mol. The third-order valence-corrected chi connectivity index (χ3v) is 4.78. The van der Waals surface area contributed by atoms with E-state index in [9.17, 15) is 4.79 Å². The maximum atomic E-state index is 11.8. The van der Waals surface area contributed by atoms with Crippen LogP contribution in [0, 0.1) is 0 Å². The molecular weight excluding hydrogens is 254 g/mol. The summed E-state index contributed by atoms with van der Waals surface area (Å²) in [4.78, 5) is 17.4. The molecule has 98 valence electrons. The predicted molar refractivity (Wildman–Crippen MR) is 78.9 cm³/mol. The number of aromatic nitrogens is 1. The number of nitrogens with zero attached hydrogens (tertiary/aromatic N) is 1. The van der Waals surface area contributed by atoms with Crippen LogP contribution in [-0.2, 0) is 6.42 Å². The molecule has 0 N–H and O–H groups in total. The van der Waals surface area contributed by atoms with Crippen molar-refractivity contribution >= 4 is 17.1 Å². The van der Waals surface area contributed by atoms with Crippen LogP contribution in [0.4, 0.5) is 0 Å². The molecule has 2 nitrogen and oxygen atoms in total. The third kappa shape index (κ3) is 2.35. The van der Waals surface area contributed by atoms with E-state index in [0.717, 1.165) is 34.0 Å². The Hall–Kier alpha value is -1.48. The molecule has 0 saturated carbocycles. The lowest BCUT2D eigenvalue weighted by Crippen LogP contribution is -2.07. The van der Waals surface area contributed by atoms with Crippen molar-refractivity contribution in [2.24, 2.45) is 0 Å². The number of ketones is 1. The molecule has 0 amide bonds. The number of hydrogen-bond donors (Lipinski definition) is 0. The van der Waals surface area contributed by atoms with Crippen molar-refractivity contribution in [1.29, 1.82) is 0 Å². The first-order valence-electron chi connectivity index (χ1n) is 6.78. The highest BCUT2D eigenvalue weighted by atomic mass is 32.1. The normalized spacial score (nSPS) is 14.8. The Bertz CT molecular complexity index is 610. The Morgan fingerprint density at radius 1 is 1.16 bits per heavy atom. The maximum absolute atomic E-state index is 11.8. The van der Waals surface area contributed by atoms with Gasteiger partial charge in [0.05, 0.1) is 10.6 Å². The lowest BCUT2D eigenvalue weighted by molar-refractivity contribution is 0.0976. The largest absolute Gasteiger partial charge is 0.293 e. The van der Waals surface area contributed by atoms with E-state index in [1.807, 2.05) is 0 Å². The zero-order valence-electron chi connectivity index (χ0n) is 11.3. The molecule has 0 fully saturated rings. The van der Waals surface area contributed by atoms with Crippen LogP contribution in [0.25, 0.3) is 10.6 Å². The summed E-state index contributed by atoms with van der Waals surface area (Å²) in [5, 5.41) is 0.982. The number of carbonyl (C=O) groups excluding carboxylic acids is 1. The minimum atomic E-state index is 0.267. The van der Waals surface area contributed by atoms with E-state index in [4.69, 9.17) is 0 Å². The van der Waals surface area contributed by atoms with Crippen LogP contribution in [0.1, 0.15) is 53.5 Å². The van der Waals surface area contributed by atoms with Gasteiger partial charge in [0.1, 0.15) is 5.01 Å². The summed E-state index contributed by atoms with van der Waals surface area (Å²) in [6, 6.07) is 8.54. The summed E-state index contributed by atoms with van der Waals surface area (Å²) in [5.74, 6) is 0.809. The molecule has 0 spiro atoms. The maximum Gasteiger partial charge on any atom is 0.174 e. The van der Waals surface area contributed by atoms with Crippen molar-refractivity contribution in [1.82, 2.24) is 4.98 Å². The first-order valence-corrected chi connectivity index (χ1v) is 7.60. The van der Waals surface area contributed by atoms with Gasteiger partial charge in [0.25, 0.3) is 0 Å². The SMILES string of the molecule is CC(C)c1ccc(-c2nc3c(s2)C(=O)CCC3)cc1. The van der Waals surface area contributed by atoms with Crippen molar-refractivity contribution in [2.75, 3.05) is 0 Å². The number of fused-ring (bicyclic) bond motifs is 1. The van der Waals surface area contributed by atoms with Crippen molar-refractivity contribution < 1.29 is 4.79 Å². The number of thiazole rings is 1. The topological polar surface area (TPSA) is 30.0 Å². The van der Waals surface area contributed by atoms with Gasteiger partial charge in [0.2, 0.25) is 0 Å². The standard InChI is InChI=1S/C16H17NOS/c1-10(2)11-6-8-12(9-7-11)16-17-13-4-3-5-14(18)15(13)19-16/h6-10H,3-5H2,1-2H3. The second-order valence-corrected chi connectivity index (χ2v) is 6.35. The molecule has 0 aliphatic heterocycles. The fraction of sp³-hybridized carbons (Fsp3) is 0.375. The zero-order chi connectivity index (χ0) is 13.4. The summed E-state index contributed by atoms with van der Waals surface area (Å²) in [5.41, 5.74) is 3.46. The summed E-state index contributed by atoms with van der Waals surface area (Å²) in [7, 11) is 0. The molecule has 2 aromatic rings. The second-order valence-electron chi connectivity index (χ2n) is 5.35. The summed E-state index contributed by atoms with van der Waals surface area (Å²) in [6.45, 7) is 4.38. The van der Waals surface area contributed by atoms with Crippen molar-refractivity contribution in [3.8, 4) is 10.6 Å². The van der Waals surface area contributed by atoms with Crippen LogP contribution < -0.4 is 0 Å². The second kappa shape index (κ2) is 4.89. The molecule has 19 heavy (non-hydrogen) atoms. The quantitative estimate of drug-likeness (QED) is 0.807. The molecule has 0 atom stereocenters. The minimum Gasteiger partial charge on any atom is -0.293 e. The van der Waals surface area contributed by atoms with E-state index in [1.54, 1.807) is 11.3 Å². The molecule has 1 heterocycles. The van der Waals surface area contributed by atoms with Gasteiger partial charge in [-0.3, -0.25) is 4.79 Å². The van der Waals surface area contributed by atoms with Gasteiger partial charge in [-0.05, 0) is 24.3 Å². The lowest BCUT2D eigenvalue weighted by Gasteiger charge is -2.06. The molecule has 0 unspecified atom stereocenters. The van der Waals surface area contributed by atoms with Crippen molar-refractivity contribution in [3.63, 3.8) is 0 Å². The molecule has 1 aromatic carbocycles. The molecule has 3 heteroatoms. The van der Waals surface area contributed by atoms with Crippen LogP contribution in [0.5, 0.6) is 0 Å². The van der Waals surface area contributed by atoms with Crippen LogP contribution in [0.2, 0.25) is 0 Å².